The minimum absolute atomic E-state index is 0.191. The third-order valence-electron chi connectivity index (χ3n) is 5.75. The van der Waals surface area contributed by atoms with Gasteiger partial charge in [0, 0.05) is 43.5 Å². The van der Waals surface area contributed by atoms with Crippen LogP contribution >= 0.6 is 0 Å². The van der Waals surface area contributed by atoms with Gasteiger partial charge in [-0.25, -0.2) is 0 Å². The van der Waals surface area contributed by atoms with Gasteiger partial charge in [0.2, 0.25) is 0 Å². The molecular weight excluding hydrogens is 316 g/mol. The van der Waals surface area contributed by atoms with Gasteiger partial charge in [0.05, 0.1) is 12.2 Å². The quantitative estimate of drug-likeness (QED) is 0.676. The standard InChI is InChI=1S/C19H32N4O2/c1-4-17-16(18(5-2)22(3)21-17)10-20-14-8-15(9-14)23(12-19(24)25)11-13-6-7-13/h13-15,20H,4-12H2,1-3H3,(H,24,25). The lowest BCUT2D eigenvalue weighted by Crippen LogP contribution is -2.54. The Balaban J connectivity index is 1.50. The number of aromatic nitrogens is 2. The van der Waals surface area contributed by atoms with E-state index in [4.69, 9.17) is 5.11 Å². The highest BCUT2D eigenvalue weighted by Gasteiger charge is 2.37. The number of carboxylic acid groups (broad SMARTS) is 1. The first-order valence-corrected chi connectivity index (χ1v) is 9.74. The molecule has 2 aliphatic carbocycles. The van der Waals surface area contributed by atoms with Crippen molar-refractivity contribution >= 4 is 5.97 Å². The van der Waals surface area contributed by atoms with Crippen molar-refractivity contribution in [1.82, 2.24) is 20.0 Å². The number of rotatable bonds is 10. The van der Waals surface area contributed by atoms with Gasteiger partial charge in [0.15, 0.2) is 0 Å². The van der Waals surface area contributed by atoms with Crippen molar-refractivity contribution in [2.75, 3.05) is 13.1 Å². The Morgan fingerprint density at radius 3 is 2.60 bits per heavy atom. The maximum absolute atomic E-state index is 11.1. The van der Waals surface area contributed by atoms with Crippen molar-refractivity contribution in [1.29, 1.82) is 0 Å². The molecule has 6 nitrogen and oxygen atoms in total. The molecule has 6 heteroatoms. The molecule has 1 aromatic heterocycles. The molecule has 0 atom stereocenters. The lowest BCUT2D eigenvalue weighted by Gasteiger charge is -2.43. The molecule has 2 N–H and O–H groups in total. The van der Waals surface area contributed by atoms with Crippen molar-refractivity contribution in [3.05, 3.63) is 17.0 Å². The normalized spacial score (nSPS) is 23.0. The summed E-state index contributed by atoms with van der Waals surface area (Å²) in [5.74, 6) is 0.0357. The van der Waals surface area contributed by atoms with E-state index in [-0.39, 0.29) is 6.54 Å². The topological polar surface area (TPSA) is 70.4 Å². The van der Waals surface area contributed by atoms with E-state index in [1.807, 2.05) is 11.7 Å². The largest absolute Gasteiger partial charge is 0.480 e. The lowest BCUT2D eigenvalue weighted by atomic mass is 9.85. The maximum atomic E-state index is 11.1. The van der Waals surface area contributed by atoms with E-state index in [0.717, 1.165) is 44.7 Å². The number of aliphatic carboxylic acids is 1. The number of hydrogen-bond donors (Lipinski definition) is 2. The van der Waals surface area contributed by atoms with Crippen molar-refractivity contribution < 1.29 is 9.90 Å². The number of aryl methyl sites for hydroxylation is 2. The molecular formula is C19H32N4O2. The lowest BCUT2D eigenvalue weighted by molar-refractivity contribution is -0.139. The first-order valence-electron chi connectivity index (χ1n) is 9.74. The van der Waals surface area contributed by atoms with Crippen LogP contribution in [0, 0.1) is 5.92 Å². The van der Waals surface area contributed by atoms with Crippen LogP contribution in [0.5, 0.6) is 0 Å². The molecule has 0 unspecified atom stereocenters. The smallest absolute Gasteiger partial charge is 0.317 e. The van der Waals surface area contributed by atoms with E-state index in [0.29, 0.717) is 12.1 Å². The summed E-state index contributed by atoms with van der Waals surface area (Å²) in [7, 11) is 2.03. The molecule has 25 heavy (non-hydrogen) atoms. The van der Waals surface area contributed by atoms with Crippen LogP contribution in [0.2, 0.25) is 0 Å². The summed E-state index contributed by atoms with van der Waals surface area (Å²) in [5, 5.41) is 17.5. The zero-order valence-electron chi connectivity index (χ0n) is 15.8. The zero-order valence-corrected chi connectivity index (χ0v) is 15.8. The van der Waals surface area contributed by atoms with Crippen LogP contribution in [0.15, 0.2) is 0 Å². The summed E-state index contributed by atoms with van der Waals surface area (Å²) < 4.78 is 2.02. The molecule has 0 radical (unpaired) electrons. The number of carboxylic acids is 1. The monoisotopic (exact) mass is 348 g/mol. The Labute approximate surface area is 150 Å². The van der Waals surface area contributed by atoms with Gasteiger partial charge in [-0.3, -0.25) is 14.4 Å². The first-order chi connectivity index (χ1) is 12.0. The highest BCUT2D eigenvalue weighted by atomic mass is 16.4. The third-order valence-corrected chi connectivity index (χ3v) is 5.75. The fourth-order valence-corrected chi connectivity index (χ4v) is 4.04. The fourth-order valence-electron chi connectivity index (χ4n) is 4.04. The van der Waals surface area contributed by atoms with Crippen molar-refractivity contribution in [2.45, 2.75) is 71.0 Å². The van der Waals surface area contributed by atoms with Crippen LogP contribution in [0.3, 0.4) is 0 Å². The highest BCUT2D eigenvalue weighted by molar-refractivity contribution is 5.69. The number of carbonyl (C=O) groups is 1. The van der Waals surface area contributed by atoms with Gasteiger partial charge in [-0.15, -0.1) is 0 Å². The van der Waals surface area contributed by atoms with E-state index in [9.17, 15) is 4.79 Å². The summed E-state index contributed by atoms with van der Waals surface area (Å²) in [6.45, 7) is 6.37. The minimum atomic E-state index is -0.701. The van der Waals surface area contributed by atoms with Crippen LogP contribution in [-0.2, 0) is 31.2 Å². The predicted molar refractivity (Wildman–Crippen MR) is 97.5 cm³/mol. The van der Waals surface area contributed by atoms with E-state index < -0.39 is 5.97 Å². The Hall–Kier alpha value is -1.40. The van der Waals surface area contributed by atoms with Crippen LogP contribution < -0.4 is 5.32 Å². The molecule has 2 fully saturated rings. The van der Waals surface area contributed by atoms with Crippen molar-refractivity contribution in [2.24, 2.45) is 13.0 Å². The van der Waals surface area contributed by atoms with E-state index in [1.165, 1.54) is 29.8 Å². The maximum Gasteiger partial charge on any atom is 0.317 e. The molecule has 1 heterocycles. The molecule has 0 spiro atoms. The van der Waals surface area contributed by atoms with Crippen LogP contribution in [0.25, 0.3) is 0 Å². The van der Waals surface area contributed by atoms with Gasteiger partial charge in [-0.1, -0.05) is 13.8 Å². The minimum Gasteiger partial charge on any atom is -0.480 e. The summed E-state index contributed by atoms with van der Waals surface area (Å²) in [6, 6.07) is 0.925. The van der Waals surface area contributed by atoms with Crippen LogP contribution in [0.1, 0.15) is 56.5 Å². The summed E-state index contributed by atoms with van der Waals surface area (Å²) in [5.41, 5.74) is 3.88. The molecule has 2 aliphatic rings. The second kappa shape index (κ2) is 7.87. The van der Waals surface area contributed by atoms with Crippen LogP contribution in [-0.4, -0.2) is 50.9 Å². The van der Waals surface area contributed by atoms with Gasteiger partial charge in [0.25, 0.3) is 0 Å². The van der Waals surface area contributed by atoms with E-state index >= 15 is 0 Å². The molecule has 0 saturated heterocycles. The molecule has 140 valence electrons. The van der Waals surface area contributed by atoms with Crippen LogP contribution in [0.4, 0.5) is 0 Å². The fraction of sp³-hybridized carbons (Fsp3) is 0.789. The Kier molecular flexibility index (Phi) is 5.79. The average Bonchev–Trinajstić information content (AvgIpc) is 3.27. The SMILES string of the molecule is CCc1nn(C)c(CC)c1CNC1CC(N(CC(=O)O)CC2CC2)C1. The summed E-state index contributed by atoms with van der Waals surface area (Å²) in [6.07, 6.45) is 6.62. The predicted octanol–water partition coefficient (Wildman–Crippen LogP) is 1.96. The molecule has 2 saturated carbocycles. The molecule has 0 aromatic carbocycles. The zero-order chi connectivity index (χ0) is 18.0. The summed E-state index contributed by atoms with van der Waals surface area (Å²) in [4.78, 5) is 13.3. The van der Waals surface area contributed by atoms with Crippen molar-refractivity contribution in [3.8, 4) is 0 Å². The van der Waals surface area contributed by atoms with E-state index in [1.54, 1.807) is 0 Å². The van der Waals surface area contributed by atoms with Gasteiger partial charge in [0.1, 0.15) is 0 Å². The Morgan fingerprint density at radius 1 is 1.32 bits per heavy atom. The highest BCUT2D eigenvalue weighted by Crippen LogP contribution is 2.34. The third kappa shape index (κ3) is 4.42. The van der Waals surface area contributed by atoms with Crippen molar-refractivity contribution in [3.63, 3.8) is 0 Å². The Morgan fingerprint density at radius 2 is 2.04 bits per heavy atom. The average molecular weight is 348 g/mol. The first kappa shape index (κ1) is 18.4. The molecule has 1 aromatic rings. The number of nitrogens with one attached hydrogen (secondary N) is 1. The molecule has 3 rings (SSSR count). The number of hydrogen-bond acceptors (Lipinski definition) is 4. The molecule has 0 aliphatic heterocycles. The van der Waals surface area contributed by atoms with Gasteiger partial charge >= 0.3 is 5.97 Å². The second-order valence-corrected chi connectivity index (χ2v) is 7.67. The molecule has 0 bridgehead atoms. The van der Waals surface area contributed by atoms with Gasteiger partial charge in [-0.05, 0) is 44.4 Å². The molecule has 0 amide bonds. The van der Waals surface area contributed by atoms with Gasteiger partial charge < -0.3 is 10.4 Å². The summed E-state index contributed by atoms with van der Waals surface area (Å²) >= 11 is 0. The van der Waals surface area contributed by atoms with Gasteiger partial charge in [-0.2, -0.15) is 5.10 Å². The van der Waals surface area contributed by atoms with E-state index in [2.05, 4.69) is 29.2 Å². The second-order valence-electron chi connectivity index (χ2n) is 7.67. The Bertz CT molecular complexity index is 603. The number of nitrogens with zero attached hydrogens (tertiary/aromatic N) is 3.